The third-order valence-electron chi connectivity index (χ3n) is 2.49. The minimum Gasteiger partial charge on any atom is -0.465 e. The summed E-state index contributed by atoms with van der Waals surface area (Å²) in [5.74, 6) is 1.26. The molecule has 0 rings (SSSR count). The highest BCUT2D eigenvalue weighted by Crippen LogP contribution is 2.17. The Morgan fingerprint density at radius 1 is 1.14 bits per heavy atom. The lowest BCUT2D eigenvalue weighted by Gasteiger charge is -2.17. The molecule has 7 heteroatoms. The molecule has 0 N–H and O–H groups in total. The maximum atomic E-state index is 11.9. The molecule has 21 heavy (non-hydrogen) atoms. The first-order valence-corrected chi connectivity index (χ1v) is 6.91. The molecule has 0 radical (unpaired) electrons. The van der Waals surface area contributed by atoms with Gasteiger partial charge in [0.15, 0.2) is 5.92 Å². The lowest BCUT2D eigenvalue weighted by molar-refractivity contribution is -0.486. The average Bonchev–Trinajstić information content (AvgIpc) is 2.39. The number of hydrogen-bond acceptors (Lipinski definition) is 6. The van der Waals surface area contributed by atoms with E-state index in [9.17, 15) is 19.7 Å². The zero-order chi connectivity index (χ0) is 16.3. The van der Waals surface area contributed by atoms with Crippen LogP contribution in [0.15, 0.2) is 0 Å². The van der Waals surface area contributed by atoms with Gasteiger partial charge in [-0.2, -0.15) is 0 Å². The molecule has 0 amide bonds. The Kier molecular flexibility index (Phi) is 9.59. The van der Waals surface area contributed by atoms with Crippen molar-refractivity contribution >= 4 is 11.9 Å². The van der Waals surface area contributed by atoms with Crippen molar-refractivity contribution < 1.29 is 24.0 Å². The van der Waals surface area contributed by atoms with Gasteiger partial charge in [0.05, 0.1) is 13.2 Å². The topological polar surface area (TPSA) is 95.7 Å². The number of carbonyl (C=O) groups is 2. The Balaban J connectivity index is 5.33. The monoisotopic (exact) mass is 299 g/mol. The first-order chi connectivity index (χ1) is 9.97. The van der Waals surface area contributed by atoms with Crippen LogP contribution in [0.5, 0.6) is 0 Å². The number of unbranched alkanes of at least 4 members (excludes halogenated alkanes) is 1. The van der Waals surface area contributed by atoms with Crippen molar-refractivity contribution in [2.24, 2.45) is 11.8 Å². The minimum atomic E-state index is -1.39. The van der Waals surface area contributed by atoms with E-state index in [2.05, 4.69) is 11.8 Å². The van der Waals surface area contributed by atoms with Crippen molar-refractivity contribution in [3.05, 3.63) is 10.1 Å². The van der Waals surface area contributed by atoms with E-state index in [4.69, 9.17) is 9.47 Å². The van der Waals surface area contributed by atoms with E-state index >= 15 is 0 Å². The van der Waals surface area contributed by atoms with Gasteiger partial charge < -0.3 is 9.47 Å². The van der Waals surface area contributed by atoms with Gasteiger partial charge in [-0.05, 0) is 20.3 Å². The Labute approximate surface area is 124 Å². The Hall–Kier alpha value is -2.10. The molecule has 0 unspecified atom stereocenters. The number of ether oxygens (including phenoxy) is 2. The fourth-order valence-corrected chi connectivity index (χ4v) is 1.61. The van der Waals surface area contributed by atoms with Crippen molar-refractivity contribution in [1.82, 2.24) is 0 Å². The summed E-state index contributed by atoms with van der Waals surface area (Å²) in [6.07, 6.45) is 1.31. The molecule has 0 saturated heterocycles. The van der Waals surface area contributed by atoms with Gasteiger partial charge in [-0.1, -0.05) is 12.8 Å². The standard InChI is InChI=1S/C14H21NO6/c1-4-7-8-9-11(10-15(18)19)12(13(16)20-5-2)14(17)21-6-3/h11-12H,4-7,10H2,1-3H3/t11-/m1/s1. The van der Waals surface area contributed by atoms with Crippen molar-refractivity contribution in [3.63, 3.8) is 0 Å². The van der Waals surface area contributed by atoms with Gasteiger partial charge in [-0.15, -0.1) is 5.92 Å². The molecule has 0 aliphatic heterocycles. The van der Waals surface area contributed by atoms with Crippen LogP contribution < -0.4 is 0 Å². The van der Waals surface area contributed by atoms with Crippen LogP contribution in [-0.4, -0.2) is 36.6 Å². The van der Waals surface area contributed by atoms with Gasteiger partial charge in [0.1, 0.15) is 5.92 Å². The maximum absolute atomic E-state index is 11.9. The lowest BCUT2D eigenvalue weighted by atomic mass is 9.92. The Morgan fingerprint density at radius 2 is 1.67 bits per heavy atom. The molecule has 0 aromatic rings. The number of rotatable bonds is 8. The zero-order valence-electron chi connectivity index (χ0n) is 12.6. The van der Waals surface area contributed by atoms with Gasteiger partial charge in [-0.25, -0.2) is 0 Å². The van der Waals surface area contributed by atoms with Gasteiger partial charge >= 0.3 is 11.9 Å². The normalized spacial score (nSPS) is 11.2. The van der Waals surface area contributed by atoms with Crippen LogP contribution in [0.3, 0.4) is 0 Å². The molecule has 0 aliphatic rings. The second-order valence-electron chi connectivity index (χ2n) is 4.17. The molecule has 0 saturated carbocycles. The summed E-state index contributed by atoms with van der Waals surface area (Å²) < 4.78 is 9.62. The third-order valence-corrected chi connectivity index (χ3v) is 2.49. The van der Waals surface area contributed by atoms with Gasteiger partial charge in [0.25, 0.3) is 0 Å². The van der Waals surface area contributed by atoms with Crippen molar-refractivity contribution in [1.29, 1.82) is 0 Å². The predicted molar refractivity (Wildman–Crippen MR) is 74.8 cm³/mol. The van der Waals surface area contributed by atoms with Crippen LogP contribution in [0.25, 0.3) is 0 Å². The summed E-state index contributed by atoms with van der Waals surface area (Å²) in [6, 6.07) is 0. The summed E-state index contributed by atoms with van der Waals surface area (Å²) in [5, 5.41) is 10.7. The quantitative estimate of drug-likeness (QED) is 0.221. The molecule has 0 aromatic heterocycles. The van der Waals surface area contributed by atoms with Gasteiger partial charge in [0, 0.05) is 11.3 Å². The number of nitro groups is 1. The highest BCUT2D eigenvalue weighted by Gasteiger charge is 2.39. The number of hydrogen-bond donors (Lipinski definition) is 0. The summed E-state index contributed by atoms with van der Waals surface area (Å²) in [7, 11) is 0. The summed E-state index contributed by atoms with van der Waals surface area (Å²) in [4.78, 5) is 33.9. The van der Waals surface area contributed by atoms with E-state index in [0.29, 0.717) is 6.42 Å². The van der Waals surface area contributed by atoms with E-state index < -0.39 is 35.2 Å². The molecule has 0 fully saturated rings. The molecule has 0 spiro atoms. The predicted octanol–water partition coefficient (Wildman–Crippen LogP) is 1.43. The van der Waals surface area contributed by atoms with Gasteiger partial charge in [0.2, 0.25) is 6.54 Å². The zero-order valence-corrected chi connectivity index (χ0v) is 12.6. The molecular weight excluding hydrogens is 278 g/mol. The SMILES string of the molecule is CCCC#C[C@H](C[N+](=O)[O-])C(C(=O)OCC)C(=O)OCC. The van der Waals surface area contributed by atoms with Crippen molar-refractivity contribution in [2.45, 2.75) is 33.6 Å². The Morgan fingerprint density at radius 3 is 2.05 bits per heavy atom. The molecule has 1 atom stereocenters. The second-order valence-corrected chi connectivity index (χ2v) is 4.17. The number of nitrogens with zero attached hydrogens (tertiary/aromatic N) is 1. The molecule has 0 heterocycles. The highest BCUT2D eigenvalue weighted by molar-refractivity contribution is 5.95. The van der Waals surface area contributed by atoms with Crippen LogP contribution in [0.1, 0.15) is 33.6 Å². The number of esters is 2. The summed E-state index contributed by atoms with van der Waals surface area (Å²) >= 11 is 0. The molecule has 7 nitrogen and oxygen atoms in total. The van der Waals surface area contributed by atoms with E-state index in [0.717, 1.165) is 6.42 Å². The number of carbonyl (C=O) groups excluding carboxylic acids is 2. The molecule has 118 valence electrons. The average molecular weight is 299 g/mol. The minimum absolute atomic E-state index is 0.0717. The molecule has 0 aliphatic carbocycles. The fourth-order valence-electron chi connectivity index (χ4n) is 1.61. The first kappa shape index (κ1) is 18.9. The van der Waals surface area contributed by atoms with Crippen LogP contribution in [0.4, 0.5) is 0 Å². The van der Waals surface area contributed by atoms with Crippen molar-refractivity contribution in [3.8, 4) is 11.8 Å². The third kappa shape index (κ3) is 7.30. The van der Waals surface area contributed by atoms with Crippen LogP contribution in [0, 0.1) is 33.8 Å². The highest BCUT2D eigenvalue weighted by atomic mass is 16.6. The van der Waals surface area contributed by atoms with E-state index in [1.54, 1.807) is 13.8 Å². The summed E-state index contributed by atoms with van der Waals surface area (Å²) in [5.41, 5.74) is 0. The van der Waals surface area contributed by atoms with Crippen molar-refractivity contribution in [2.75, 3.05) is 19.8 Å². The smallest absolute Gasteiger partial charge is 0.321 e. The molecule has 0 bridgehead atoms. The van der Waals surface area contributed by atoms with E-state index in [1.165, 1.54) is 0 Å². The second kappa shape index (κ2) is 10.7. The maximum Gasteiger partial charge on any atom is 0.321 e. The molecular formula is C14H21NO6. The summed E-state index contributed by atoms with van der Waals surface area (Å²) in [6.45, 7) is 4.62. The Bertz CT molecular complexity index is 405. The first-order valence-electron chi connectivity index (χ1n) is 6.91. The van der Waals surface area contributed by atoms with E-state index in [1.807, 2.05) is 6.92 Å². The van der Waals surface area contributed by atoms with Crippen LogP contribution >= 0.6 is 0 Å². The molecule has 0 aromatic carbocycles. The van der Waals surface area contributed by atoms with Crippen LogP contribution in [0.2, 0.25) is 0 Å². The lowest BCUT2D eigenvalue weighted by Crippen LogP contribution is -2.37. The largest absolute Gasteiger partial charge is 0.465 e. The fraction of sp³-hybridized carbons (Fsp3) is 0.714. The van der Waals surface area contributed by atoms with E-state index in [-0.39, 0.29) is 13.2 Å². The van der Waals surface area contributed by atoms with Gasteiger partial charge in [-0.3, -0.25) is 19.7 Å². The van der Waals surface area contributed by atoms with Crippen LogP contribution in [-0.2, 0) is 19.1 Å².